The van der Waals surface area contributed by atoms with Gasteiger partial charge in [-0.3, -0.25) is 0 Å². The van der Waals surface area contributed by atoms with Gasteiger partial charge < -0.3 is 15.1 Å². The van der Waals surface area contributed by atoms with Crippen LogP contribution in [0.15, 0.2) is 51.8 Å². The molecule has 0 bridgehead atoms. The Kier molecular flexibility index (Phi) is 5.63. The number of anilines is 1. The minimum absolute atomic E-state index is 0.0272. The Morgan fingerprint density at radius 1 is 1.17 bits per heavy atom. The van der Waals surface area contributed by atoms with Gasteiger partial charge in [-0.1, -0.05) is 19.9 Å². The number of rotatable bonds is 5. The van der Waals surface area contributed by atoms with Gasteiger partial charge in [-0.2, -0.15) is 0 Å². The van der Waals surface area contributed by atoms with Crippen LogP contribution >= 0.6 is 0 Å². The average molecular weight is 419 g/mol. The lowest BCUT2D eigenvalue weighted by Gasteiger charge is -2.21. The summed E-state index contributed by atoms with van der Waals surface area (Å²) in [7, 11) is -3.88. The predicted molar refractivity (Wildman–Crippen MR) is 108 cm³/mol. The molecule has 4 N–H and O–H groups in total. The van der Waals surface area contributed by atoms with Crippen LogP contribution in [0.2, 0.25) is 0 Å². The number of primary sulfonamides is 1. The Morgan fingerprint density at radius 2 is 1.90 bits per heavy atom. The lowest BCUT2D eigenvalue weighted by atomic mass is 9.98. The molecule has 0 radical (unpaired) electrons. The fourth-order valence-electron chi connectivity index (χ4n) is 3.10. The van der Waals surface area contributed by atoms with Crippen LogP contribution in [0.1, 0.15) is 31.2 Å². The fourth-order valence-corrected chi connectivity index (χ4v) is 3.66. The standard InChI is InChI=1S/C20H22FN3O4S/c1-11(2)18(19-12(3)16-9-13(21)7-8-17(16)28-19)24-20(25)23-14-5-4-6-15(10-14)29(22,26)27/h4-11,18H,1-3H3,(H2,22,26,27)(H2,23,24,25)/t18-/m0/s1. The molecule has 0 spiro atoms. The zero-order valence-electron chi connectivity index (χ0n) is 16.2. The van der Waals surface area contributed by atoms with Crippen LogP contribution < -0.4 is 15.8 Å². The first-order valence-corrected chi connectivity index (χ1v) is 10.5. The maximum atomic E-state index is 13.6. The number of urea groups is 1. The van der Waals surface area contributed by atoms with Crippen LogP contribution in [0, 0.1) is 18.7 Å². The number of hydrogen-bond acceptors (Lipinski definition) is 4. The van der Waals surface area contributed by atoms with Gasteiger partial charge in [0.1, 0.15) is 17.2 Å². The summed E-state index contributed by atoms with van der Waals surface area (Å²) in [5.41, 5.74) is 1.56. The van der Waals surface area contributed by atoms with Crippen molar-refractivity contribution in [1.82, 2.24) is 5.32 Å². The number of amides is 2. The predicted octanol–water partition coefficient (Wildman–Crippen LogP) is 4.05. The van der Waals surface area contributed by atoms with Gasteiger partial charge in [-0.25, -0.2) is 22.7 Å². The SMILES string of the molecule is Cc1c([C@@H](NC(=O)Nc2cccc(S(N)(=O)=O)c2)C(C)C)oc2ccc(F)cc12. The Labute approximate surface area is 168 Å². The highest BCUT2D eigenvalue weighted by atomic mass is 32.2. The lowest BCUT2D eigenvalue weighted by molar-refractivity contribution is 0.241. The van der Waals surface area contributed by atoms with Crippen molar-refractivity contribution in [2.24, 2.45) is 11.1 Å². The molecule has 2 aromatic carbocycles. The summed E-state index contributed by atoms with van der Waals surface area (Å²) in [6, 6.07) is 8.89. The Morgan fingerprint density at radius 3 is 2.55 bits per heavy atom. The number of hydrogen-bond donors (Lipinski definition) is 3. The molecule has 2 amide bonds. The van der Waals surface area contributed by atoms with Gasteiger partial charge in [0.25, 0.3) is 0 Å². The molecule has 154 valence electrons. The third-order valence-electron chi connectivity index (χ3n) is 4.59. The lowest BCUT2D eigenvalue weighted by Crippen LogP contribution is -2.35. The summed E-state index contributed by atoms with van der Waals surface area (Å²) in [4.78, 5) is 12.4. The van der Waals surface area contributed by atoms with Crippen molar-refractivity contribution in [3.63, 3.8) is 0 Å². The molecule has 0 saturated heterocycles. The molecule has 0 aliphatic heterocycles. The molecule has 1 heterocycles. The molecule has 0 aliphatic rings. The second-order valence-electron chi connectivity index (χ2n) is 7.12. The number of furan rings is 1. The number of halogens is 1. The Balaban J connectivity index is 1.85. The minimum Gasteiger partial charge on any atom is -0.459 e. The first-order chi connectivity index (χ1) is 13.6. The van der Waals surface area contributed by atoms with Crippen LogP contribution in [0.5, 0.6) is 0 Å². The van der Waals surface area contributed by atoms with Crippen LogP contribution in [0.4, 0.5) is 14.9 Å². The number of nitrogens with two attached hydrogens (primary N) is 1. The summed E-state index contributed by atoms with van der Waals surface area (Å²) in [5.74, 6) is 0.143. The first-order valence-electron chi connectivity index (χ1n) is 8.95. The number of nitrogens with one attached hydrogen (secondary N) is 2. The third-order valence-corrected chi connectivity index (χ3v) is 5.50. The molecule has 1 aromatic heterocycles. The number of benzene rings is 2. The second kappa shape index (κ2) is 7.84. The zero-order valence-corrected chi connectivity index (χ0v) is 17.0. The summed E-state index contributed by atoms with van der Waals surface area (Å²) in [6.07, 6.45) is 0. The molecule has 9 heteroatoms. The first kappa shape index (κ1) is 20.8. The topological polar surface area (TPSA) is 114 Å². The van der Waals surface area contributed by atoms with Gasteiger partial charge >= 0.3 is 6.03 Å². The van der Waals surface area contributed by atoms with Crippen molar-refractivity contribution in [2.75, 3.05) is 5.32 Å². The minimum atomic E-state index is -3.88. The van der Waals surface area contributed by atoms with Crippen LogP contribution in [-0.2, 0) is 10.0 Å². The van der Waals surface area contributed by atoms with Crippen LogP contribution in [-0.4, -0.2) is 14.4 Å². The van der Waals surface area contributed by atoms with Gasteiger partial charge in [0, 0.05) is 16.6 Å². The average Bonchev–Trinajstić information content (AvgIpc) is 2.95. The van der Waals surface area contributed by atoms with E-state index in [1.165, 1.54) is 30.3 Å². The van der Waals surface area contributed by atoms with E-state index in [0.29, 0.717) is 16.7 Å². The van der Waals surface area contributed by atoms with Gasteiger partial charge in [0.2, 0.25) is 10.0 Å². The van der Waals surface area contributed by atoms with Crippen LogP contribution in [0.3, 0.4) is 0 Å². The highest BCUT2D eigenvalue weighted by Crippen LogP contribution is 2.33. The van der Waals surface area contributed by atoms with Gasteiger partial charge in [-0.15, -0.1) is 0 Å². The fraction of sp³-hybridized carbons (Fsp3) is 0.250. The molecular formula is C20H22FN3O4S. The van der Waals surface area contributed by atoms with Crippen molar-refractivity contribution < 1.29 is 22.0 Å². The van der Waals surface area contributed by atoms with Crippen molar-refractivity contribution in [2.45, 2.75) is 31.7 Å². The second-order valence-corrected chi connectivity index (χ2v) is 8.69. The normalized spacial score (nSPS) is 12.9. The number of fused-ring (bicyclic) bond motifs is 1. The molecule has 29 heavy (non-hydrogen) atoms. The summed E-state index contributed by atoms with van der Waals surface area (Å²) in [6.45, 7) is 5.64. The highest BCUT2D eigenvalue weighted by Gasteiger charge is 2.25. The van der Waals surface area contributed by atoms with Crippen LogP contribution in [0.25, 0.3) is 11.0 Å². The maximum absolute atomic E-state index is 13.6. The largest absolute Gasteiger partial charge is 0.459 e. The number of sulfonamides is 1. The van der Waals surface area contributed by atoms with Gasteiger partial charge in [-0.05, 0) is 49.2 Å². The smallest absolute Gasteiger partial charge is 0.319 e. The number of aryl methyl sites for hydroxylation is 1. The summed E-state index contributed by atoms with van der Waals surface area (Å²) < 4.78 is 42.4. The van der Waals surface area contributed by atoms with E-state index in [1.54, 1.807) is 12.1 Å². The van der Waals surface area contributed by atoms with E-state index in [1.807, 2.05) is 20.8 Å². The summed E-state index contributed by atoms with van der Waals surface area (Å²) >= 11 is 0. The quantitative estimate of drug-likeness (QED) is 0.579. The molecule has 7 nitrogen and oxygen atoms in total. The van der Waals surface area contributed by atoms with Crippen molar-refractivity contribution >= 4 is 32.7 Å². The third kappa shape index (κ3) is 4.57. The van der Waals surface area contributed by atoms with Crippen molar-refractivity contribution in [3.8, 4) is 0 Å². The van der Waals surface area contributed by atoms with E-state index in [9.17, 15) is 17.6 Å². The molecule has 0 unspecified atom stereocenters. The van der Waals surface area contributed by atoms with Gasteiger partial charge in [0.05, 0.1) is 10.9 Å². The van der Waals surface area contributed by atoms with E-state index >= 15 is 0 Å². The molecule has 3 rings (SSSR count). The van der Waals surface area contributed by atoms with Gasteiger partial charge in [0.15, 0.2) is 0 Å². The van der Waals surface area contributed by atoms with E-state index in [2.05, 4.69) is 10.6 Å². The molecular weight excluding hydrogens is 397 g/mol. The Bertz CT molecular complexity index is 1170. The van der Waals surface area contributed by atoms with E-state index in [-0.39, 0.29) is 22.3 Å². The number of carbonyl (C=O) groups is 1. The van der Waals surface area contributed by atoms with E-state index in [0.717, 1.165) is 5.56 Å². The monoisotopic (exact) mass is 419 g/mol. The Hall–Kier alpha value is -2.91. The van der Waals surface area contributed by atoms with Crippen molar-refractivity contribution in [3.05, 3.63) is 59.6 Å². The molecule has 0 fully saturated rings. The van der Waals surface area contributed by atoms with E-state index < -0.39 is 22.1 Å². The molecule has 3 aromatic rings. The molecule has 0 aliphatic carbocycles. The number of carbonyl (C=O) groups excluding carboxylic acids is 1. The maximum Gasteiger partial charge on any atom is 0.319 e. The highest BCUT2D eigenvalue weighted by molar-refractivity contribution is 7.89. The molecule has 1 atom stereocenters. The van der Waals surface area contributed by atoms with E-state index in [4.69, 9.17) is 9.56 Å². The zero-order chi connectivity index (χ0) is 21.3. The van der Waals surface area contributed by atoms with Crippen molar-refractivity contribution in [1.29, 1.82) is 0 Å². The summed E-state index contributed by atoms with van der Waals surface area (Å²) in [5, 5.41) is 11.2. The molecule has 0 saturated carbocycles.